The van der Waals surface area contributed by atoms with E-state index >= 15 is 0 Å². The highest BCUT2D eigenvalue weighted by Crippen LogP contribution is 2.22. The molecule has 1 heterocycles. The quantitative estimate of drug-likeness (QED) is 0.800. The summed E-state index contributed by atoms with van der Waals surface area (Å²) in [5.41, 5.74) is 1.25. The molecule has 0 saturated carbocycles. The SMILES string of the molecule is OCCCCN1CCC(Cc2ccc(F)cc2)CC1. The summed E-state index contributed by atoms with van der Waals surface area (Å²) in [6.45, 7) is 3.75. The maximum Gasteiger partial charge on any atom is 0.123 e. The normalized spacial score (nSPS) is 17.8. The van der Waals surface area contributed by atoms with Crippen LogP contribution in [-0.2, 0) is 6.42 Å². The Balaban J connectivity index is 1.69. The summed E-state index contributed by atoms with van der Waals surface area (Å²) >= 11 is 0. The molecule has 3 heteroatoms. The molecule has 0 spiro atoms. The molecule has 106 valence electrons. The molecule has 0 amide bonds. The molecule has 2 rings (SSSR count). The molecule has 0 radical (unpaired) electrons. The van der Waals surface area contributed by atoms with Crippen molar-refractivity contribution >= 4 is 0 Å². The zero-order chi connectivity index (χ0) is 13.5. The average molecular weight is 265 g/mol. The van der Waals surface area contributed by atoms with Crippen molar-refractivity contribution in [3.05, 3.63) is 35.6 Å². The summed E-state index contributed by atoms with van der Waals surface area (Å²) in [4.78, 5) is 2.50. The third-order valence-corrected chi connectivity index (χ3v) is 4.03. The standard InChI is InChI=1S/C16H24FNO/c17-16-5-3-14(4-6-16)13-15-7-10-18(11-8-15)9-1-2-12-19/h3-6,15,19H,1-2,7-13H2. The lowest BCUT2D eigenvalue weighted by Gasteiger charge is -2.32. The largest absolute Gasteiger partial charge is 0.396 e. The Morgan fingerprint density at radius 2 is 1.79 bits per heavy atom. The maximum atomic E-state index is 12.8. The first kappa shape index (κ1) is 14.5. The van der Waals surface area contributed by atoms with Crippen LogP contribution in [0.2, 0.25) is 0 Å². The van der Waals surface area contributed by atoms with Gasteiger partial charge in [-0.15, -0.1) is 0 Å². The number of aliphatic hydroxyl groups excluding tert-OH is 1. The Hall–Kier alpha value is -0.930. The van der Waals surface area contributed by atoms with E-state index in [9.17, 15) is 4.39 Å². The molecule has 0 unspecified atom stereocenters. The van der Waals surface area contributed by atoms with Gasteiger partial charge in [-0.2, -0.15) is 0 Å². The first-order valence-electron chi connectivity index (χ1n) is 7.35. The number of aliphatic hydroxyl groups is 1. The highest BCUT2D eigenvalue weighted by Gasteiger charge is 2.18. The van der Waals surface area contributed by atoms with E-state index in [4.69, 9.17) is 5.11 Å². The van der Waals surface area contributed by atoms with Crippen molar-refractivity contribution in [2.75, 3.05) is 26.2 Å². The molecule has 0 atom stereocenters. The predicted molar refractivity (Wildman–Crippen MR) is 75.6 cm³/mol. The summed E-state index contributed by atoms with van der Waals surface area (Å²) in [5.74, 6) is 0.585. The Morgan fingerprint density at radius 3 is 2.42 bits per heavy atom. The van der Waals surface area contributed by atoms with E-state index in [0.29, 0.717) is 6.61 Å². The molecule has 1 N–H and O–H groups in total. The summed E-state index contributed by atoms with van der Waals surface area (Å²) in [6.07, 6.45) is 5.55. The summed E-state index contributed by atoms with van der Waals surface area (Å²) in [6, 6.07) is 6.92. The Kier molecular flexibility index (Phi) is 5.80. The van der Waals surface area contributed by atoms with Gasteiger partial charge in [-0.05, 0) is 75.4 Å². The zero-order valence-corrected chi connectivity index (χ0v) is 11.5. The molecular formula is C16H24FNO. The van der Waals surface area contributed by atoms with E-state index in [1.54, 1.807) is 12.1 Å². The number of rotatable bonds is 6. The van der Waals surface area contributed by atoms with E-state index in [1.165, 1.54) is 18.4 Å². The second-order valence-electron chi connectivity index (χ2n) is 5.55. The highest BCUT2D eigenvalue weighted by atomic mass is 19.1. The number of hydrogen-bond acceptors (Lipinski definition) is 2. The van der Waals surface area contributed by atoms with Crippen molar-refractivity contribution in [1.29, 1.82) is 0 Å². The highest BCUT2D eigenvalue weighted by molar-refractivity contribution is 5.16. The second kappa shape index (κ2) is 7.61. The monoisotopic (exact) mass is 265 g/mol. The smallest absolute Gasteiger partial charge is 0.123 e. The van der Waals surface area contributed by atoms with Crippen molar-refractivity contribution in [1.82, 2.24) is 4.90 Å². The van der Waals surface area contributed by atoms with Crippen LogP contribution in [0.1, 0.15) is 31.2 Å². The van der Waals surface area contributed by atoms with Crippen molar-refractivity contribution in [3.63, 3.8) is 0 Å². The molecule has 1 aliphatic rings. The van der Waals surface area contributed by atoms with Crippen LogP contribution in [-0.4, -0.2) is 36.2 Å². The van der Waals surface area contributed by atoms with Crippen molar-refractivity contribution in [3.8, 4) is 0 Å². The summed E-state index contributed by atoms with van der Waals surface area (Å²) in [7, 11) is 0. The van der Waals surface area contributed by atoms with Crippen LogP contribution in [0.25, 0.3) is 0 Å². The first-order valence-corrected chi connectivity index (χ1v) is 7.35. The average Bonchev–Trinajstić information content (AvgIpc) is 2.44. The van der Waals surface area contributed by atoms with Gasteiger partial charge >= 0.3 is 0 Å². The van der Waals surface area contributed by atoms with Crippen LogP contribution in [0.5, 0.6) is 0 Å². The molecule has 0 bridgehead atoms. The minimum Gasteiger partial charge on any atom is -0.396 e. The van der Waals surface area contributed by atoms with Gasteiger partial charge in [0.15, 0.2) is 0 Å². The zero-order valence-electron chi connectivity index (χ0n) is 11.5. The Bertz CT molecular complexity index is 358. The predicted octanol–water partition coefficient (Wildman–Crippen LogP) is 2.85. The molecule has 1 aromatic carbocycles. The van der Waals surface area contributed by atoms with Crippen LogP contribution in [0.15, 0.2) is 24.3 Å². The van der Waals surface area contributed by atoms with Crippen molar-refractivity contribution in [2.24, 2.45) is 5.92 Å². The number of nitrogens with zero attached hydrogens (tertiary/aromatic N) is 1. The molecule has 1 fully saturated rings. The Morgan fingerprint density at radius 1 is 1.11 bits per heavy atom. The lowest BCUT2D eigenvalue weighted by Crippen LogP contribution is -2.35. The van der Waals surface area contributed by atoms with Gasteiger partial charge in [-0.1, -0.05) is 12.1 Å². The number of piperidine rings is 1. The van der Waals surface area contributed by atoms with E-state index in [1.807, 2.05) is 12.1 Å². The molecule has 0 aromatic heterocycles. The lowest BCUT2D eigenvalue weighted by molar-refractivity contribution is 0.175. The van der Waals surface area contributed by atoms with Gasteiger partial charge in [0.25, 0.3) is 0 Å². The van der Waals surface area contributed by atoms with Gasteiger partial charge in [0.1, 0.15) is 5.82 Å². The molecule has 0 aliphatic carbocycles. The van der Waals surface area contributed by atoms with E-state index < -0.39 is 0 Å². The molecule has 1 saturated heterocycles. The number of unbranched alkanes of at least 4 members (excludes halogenated alkanes) is 1. The Labute approximate surface area is 115 Å². The van der Waals surface area contributed by atoms with Gasteiger partial charge in [0, 0.05) is 6.61 Å². The fourth-order valence-electron chi connectivity index (χ4n) is 2.82. The van der Waals surface area contributed by atoms with Crippen LogP contribution < -0.4 is 0 Å². The van der Waals surface area contributed by atoms with Crippen molar-refractivity contribution in [2.45, 2.75) is 32.1 Å². The van der Waals surface area contributed by atoms with Crippen LogP contribution in [0.3, 0.4) is 0 Å². The van der Waals surface area contributed by atoms with Gasteiger partial charge in [0.2, 0.25) is 0 Å². The van der Waals surface area contributed by atoms with E-state index in [2.05, 4.69) is 4.90 Å². The molecular weight excluding hydrogens is 241 g/mol. The summed E-state index contributed by atoms with van der Waals surface area (Å²) < 4.78 is 12.8. The first-order chi connectivity index (χ1) is 9.28. The number of halogens is 1. The van der Waals surface area contributed by atoms with Gasteiger partial charge in [-0.3, -0.25) is 0 Å². The van der Waals surface area contributed by atoms with E-state index in [-0.39, 0.29) is 5.82 Å². The molecule has 2 nitrogen and oxygen atoms in total. The molecule has 1 aliphatic heterocycles. The number of likely N-dealkylation sites (tertiary alicyclic amines) is 1. The van der Waals surface area contributed by atoms with Gasteiger partial charge in [-0.25, -0.2) is 4.39 Å². The molecule has 1 aromatic rings. The van der Waals surface area contributed by atoms with E-state index in [0.717, 1.165) is 44.8 Å². The van der Waals surface area contributed by atoms with Crippen LogP contribution >= 0.6 is 0 Å². The fraction of sp³-hybridized carbons (Fsp3) is 0.625. The summed E-state index contributed by atoms with van der Waals surface area (Å²) in [5, 5.41) is 8.78. The van der Waals surface area contributed by atoms with Crippen LogP contribution in [0.4, 0.5) is 4.39 Å². The maximum absolute atomic E-state index is 12.8. The number of hydrogen-bond donors (Lipinski definition) is 1. The third kappa shape index (κ3) is 4.92. The van der Waals surface area contributed by atoms with Crippen molar-refractivity contribution < 1.29 is 9.50 Å². The number of benzene rings is 1. The van der Waals surface area contributed by atoms with Gasteiger partial charge in [0.05, 0.1) is 0 Å². The third-order valence-electron chi connectivity index (χ3n) is 4.03. The second-order valence-corrected chi connectivity index (χ2v) is 5.55. The van der Waals surface area contributed by atoms with Crippen LogP contribution in [0, 0.1) is 11.7 Å². The van der Waals surface area contributed by atoms with Gasteiger partial charge < -0.3 is 10.0 Å². The lowest BCUT2D eigenvalue weighted by atomic mass is 9.90. The minimum atomic E-state index is -0.151. The fourth-order valence-corrected chi connectivity index (χ4v) is 2.82. The topological polar surface area (TPSA) is 23.5 Å². The minimum absolute atomic E-state index is 0.151. The molecule has 19 heavy (non-hydrogen) atoms.